The van der Waals surface area contributed by atoms with Crippen LogP contribution in [0.3, 0.4) is 0 Å². The maximum Gasteiger partial charge on any atom is 0.150 e. The molecule has 1 unspecified atom stereocenters. The lowest BCUT2D eigenvalue weighted by molar-refractivity contribution is 0.178. The minimum absolute atomic E-state index is 0.296. The van der Waals surface area contributed by atoms with E-state index in [0.717, 1.165) is 5.56 Å². The smallest absolute Gasteiger partial charge is 0.150 e. The number of nitrogens with zero attached hydrogens (tertiary/aromatic N) is 1. The number of ether oxygens (including phenoxy) is 2. The molecule has 4 nitrogen and oxygen atoms in total. The topological polar surface area (TPSA) is 41.9 Å². The molecule has 0 aromatic heterocycles. The molecule has 22 heavy (non-hydrogen) atoms. The minimum Gasteiger partial charge on any atom is -0.497 e. The number of hydrogen-bond donors (Lipinski definition) is 1. The first-order valence-corrected chi connectivity index (χ1v) is 7.17. The van der Waals surface area contributed by atoms with Crippen LogP contribution in [-0.4, -0.2) is 31.9 Å². The number of aliphatic hydroxyl groups is 1. The molecule has 2 aromatic carbocycles. The van der Waals surface area contributed by atoms with Crippen molar-refractivity contribution in [1.82, 2.24) is 0 Å². The highest BCUT2D eigenvalue weighted by Gasteiger charge is 2.24. The fourth-order valence-electron chi connectivity index (χ4n) is 2.64. The summed E-state index contributed by atoms with van der Waals surface area (Å²) in [5, 5.41) is 10.4. The van der Waals surface area contributed by atoms with Crippen molar-refractivity contribution >= 4 is 5.69 Å². The first kappa shape index (κ1) is 14.7. The Balaban J connectivity index is 1.82. The minimum atomic E-state index is -0.736. The molecular weight excluding hydrogens is 285 g/mol. The number of aliphatic hydroxyl groups excluding tert-OH is 1. The number of fused-ring (bicyclic) bond motifs is 1. The molecule has 1 aliphatic heterocycles. The summed E-state index contributed by atoms with van der Waals surface area (Å²) in [5.41, 5.74) is 1.15. The predicted molar refractivity (Wildman–Crippen MR) is 82.1 cm³/mol. The van der Waals surface area contributed by atoms with Crippen molar-refractivity contribution in [3.05, 3.63) is 53.8 Å². The molecule has 0 radical (unpaired) electrons. The first-order valence-electron chi connectivity index (χ1n) is 7.17. The number of halogens is 1. The van der Waals surface area contributed by atoms with E-state index in [-0.39, 0.29) is 5.82 Å². The van der Waals surface area contributed by atoms with Gasteiger partial charge in [-0.25, -0.2) is 4.39 Å². The standard InChI is InChI=1S/C17H18FNO3/c1-21-13-5-2-4-12(10-13)15(20)11-19-8-9-22-16-7-3-6-14(18)17(16)19/h2-7,10,15,20H,8-9,11H2,1H3. The molecule has 2 aromatic rings. The van der Waals surface area contributed by atoms with Gasteiger partial charge in [-0.2, -0.15) is 0 Å². The third kappa shape index (κ3) is 2.85. The monoisotopic (exact) mass is 303 g/mol. The van der Waals surface area contributed by atoms with Crippen LogP contribution in [0.4, 0.5) is 10.1 Å². The lowest BCUT2D eigenvalue weighted by atomic mass is 10.1. The maximum atomic E-state index is 14.1. The summed E-state index contributed by atoms with van der Waals surface area (Å²) in [5.74, 6) is 0.865. The summed E-state index contributed by atoms with van der Waals surface area (Å²) < 4.78 is 24.7. The van der Waals surface area contributed by atoms with E-state index in [0.29, 0.717) is 36.9 Å². The van der Waals surface area contributed by atoms with Crippen LogP contribution in [0.1, 0.15) is 11.7 Å². The highest BCUT2D eigenvalue weighted by molar-refractivity contribution is 5.61. The third-order valence-electron chi connectivity index (χ3n) is 3.76. The average molecular weight is 303 g/mol. The zero-order valence-corrected chi connectivity index (χ0v) is 12.3. The Kier molecular flexibility index (Phi) is 4.15. The van der Waals surface area contributed by atoms with E-state index < -0.39 is 6.10 Å². The van der Waals surface area contributed by atoms with Crippen LogP contribution < -0.4 is 14.4 Å². The van der Waals surface area contributed by atoms with Gasteiger partial charge in [0.1, 0.15) is 29.6 Å². The molecule has 1 aliphatic rings. The Morgan fingerprint density at radius 1 is 1.32 bits per heavy atom. The Bertz CT molecular complexity index is 662. The highest BCUT2D eigenvalue weighted by atomic mass is 19.1. The zero-order valence-electron chi connectivity index (χ0n) is 12.3. The molecule has 0 saturated heterocycles. The summed E-state index contributed by atoms with van der Waals surface area (Å²) in [7, 11) is 1.58. The molecule has 5 heteroatoms. The van der Waals surface area contributed by atoms with Gasteiger partial charge in [0.25, 0.3) is 0 Å². The van der Waals surface area contributed by atoms with Gasteiger partial charge in [0.05, 0.1) is 19.8 Å². The summed E-state index contributed by atoms with van der Waals surface area (Å²) in [6.45, 7) is 1.31. The number of benzene rings is 2. The number of rotatable bonds is 4. The fraction of sp³-hybridized carbons (Fsp3) is 0.294. The second kappa shape index (κ2) is 6.23. The molecule has 116 valence electrons. The van der Waals surface area contributed by atoms with E-state index in [1.165, 1.54) is 6.07 Å². The van der Waals surface area contributed by atoms with Crippen molar-refractivity contribution in [3.63, 3.8) is 0 Å². The van der Waals surface area contributed by atoms with Crippen LogP contribution in [0.25, 0.3) is 0 Å². The SMILES string of the molecule is COc1cccc(C(O)CN2CCOc3cccc(F)c32)c1. The zero-order chi connectivity index (χ0) is 15.5. The quantitative estimate of drug-likeness (QED) is 0.943. The number of para-hydroxylation sites is 1. The van der Waals surface area contributed by atoms with E-state index in [2.05, 4.69) is 0 Å². The summed E-state index contributed by atoms with van der Waals surface area (Å²) in [6.07, 6.45) is -0.736. The van der Waals surface area contributed by atoms with Crippen LogP contribution in [0.2, 0.25) is 0 Å². The van der Waals surface area contributed by atoms with E-state index in [1.54, 1.807) is 25.3 Å². The van der Waals surface area contributed by atoms with Gasteiger partial charge < -0.3 is 19.5 Å². The van der Waals surface area contributed by atoms with Crippen LogP contribution in [-0.2, 0) is 0 Å². The van der Waals surface area contributed by atoms with Gasteiger partial charge in [0, 0.05) is 6.54 Å². The number of methoxy groups -OCH3 is 1. The Morgan fingerprint density at radius 2 is 2.14 bits per heavy atom. The van der Waals surface area contributed by atoms with Gasteiger partial charge >= 0.3 is 0 Å². The number of β-amino-alcohol motifs (C(OH)–C–C–N with tert-alkyl or cyclic N) is 1. The van der Waals surface area contributed by atoms with Crippen molar-refractivity contribution in [3.8, 4) is 11.5 Å². The highest BCUT2D eigenvalue weighted by Crippen LogP contribution is 2.35. The summed E-state index contributed by atoms with van der Waals surface area (Å²) >= 11 is 0. The average Bonchev–Trinajstić information content (AvgIpc) is 2.55. The third-order valence-corrected chi connectivity index (χ3v) is 3.76. The van der Waals surface area contributed by atoms with Crippen LogP contribution >= 0.6 is 0 Å². The molecule has 1 heterocycles. The van der Waals surface area contributed by atoms with Gasteiger partial charge in [-0.1, -0.05) is 18.2 Å². The second-order valence-corrected chi connectivity index (χ2v) is 5.17. The Labute approximate surface area is 128 Å². The number of hydrogen-bond acceptors (Lipinski definition) is 4. The lowest BCUT2D eigenvalue weighted by Gasteiger charge is -2.33. The lowest BCUT2D eigenvalue weighted by Crippen LogP contribution is -2.36. The van der Waals surface area contributed by atoms with Crippen molar-refractivity contribution in [1.29, 1.82) is 0 Å². The normalized spacial score (nSPS) is 15.0. The Morgan fingerprint density at radius 3 is 2.95 bits per heavy atom. The fourth-order valence-corrected chi connectivity index (χ4v) is 2.64. The van der Waals surface area contributed by atoms with Gasteiger partial charge in [0.2, 0.25) is 0 Å². The molecule has 0 aliphatic carbocycles. The molecule has 3 rings (SSSR count). The van der Waals surface area contributed by atoms with Crippen LogP contribution in [0.5, 0.6) is 11.5 Å². The Hall–Kier alpha value is -2.27. The van der Waals surface area contributed by atoms with Crippen molar-refractivity contribution in [2.45, 2.75) is 6.10 Å². The molecule has 0 amide bonds. The van der Waals surface area contributed by atoms with Gasteiger partial charge in [-0.3, -0.25) is 0 Å². The van der Waals surface area contributed by atoms with E-state index in [4.69, 9.17) is 9.47 Å². The molecular formula is C17H18FNO3. The van der Waals surface area contributed by atoms with Gasteiger partial charge in [-0.05, 0) is 29.8 Å². The van der Waals surface area contributed by atoms with Crippen molar-refractivity contribution in [2.24, 2.45) is 0 Å². The number of anilines is 1. The first-order chi connectivity index (χ1) is 10.7. The van der Waals surface area contributed by atoms with E-state index in [9.17, 15) is 9.50 Å². The van der Waals surface area contributed by atoms with Crippen molar-refractivity contribution < 1.29 is 19.0 Å². The predicted octanol–water partition coefficient (Wildman–Crippen LogP) is 2.77. The van der Waals surface area contributed by atoms with Gasteiger partial charge in [-0.15, -0.1) is 0 Å². The van der Waals surface area contributed by atoms with Crippen molar-refractivity contribution in [2.75, 3.05) is 31.7 Å². The molecule has 1 atom stereocenters. The van der Waals surface area contributed by atoms with E-state index in [1.807, 2.05) is 23.1 Å². The van der Waals surface area contributed by atoms with Gasteiger partial charge in [0.15, 0.2) is 0 Å². The van der Waals surface area contributed by atoms with E-state index >= 15 is 0 Å². The van der Waals surface area contributed by atoms with Crippen LogP contribution in [0, 0.1) is 5.82 Å². The molecule has 0 bridgehead atoms. The second-order valence-electron chi connectivity index (χ2n) is 5.17. The maximum absolute atomic E-state index is 14.1. The molecule has 1 N–H and O–H groups in total. The van der Waals surface area contributed by atoms with Crippen LogP contribution in [0.15, 0.2) is 42.5 Å². The molecule has 0 spiro atoms. The summed E-state index contributed by atoms with van der Waals surface area (Å²) in [4.78, 5) is 1.82. The molecule has 0 fully saturated rings. The summed E-state index contributed by atoms with van der Waals surface area (Å²) in [6, 6.07) is 12.0. The molecule has 0 saturated carbocycles. The largest absolute Gasteiger partial charge is 0.497 e.